The average molecular weight is 224 g/mol. The van der Waals surface area contributed by atoms with Crippen molar-refractivity contribution >= 4 is 5.69 Å². The summed E-state index contributed by atoms with van der Waals surface area (Å²) in [7, 11) is 1.90. The van der Waals surface area contributed by atoms with Crippen molar-refractivity contribution < 1.29 is 10.0 Å². The lowest BCUT2D eigenvalue weighted by Gasteiger charge is -2.18. The number of benzene rings is 1. The number of nitro benzene ring substituents is 1. The molecule has 0 heterocycles. The quantitative estimate of drug-likeness (QED) is 0.606. The minimum atomic E-state index is -0.413. The minimum absolute atomic E-state index is 0.0990. The lowest BCUT2D eigenvalue weighted by molar-refractivity contribution is -0.384. The molecule has 0 aliphatic rings. The molecule has 0 fully saturated rings. The Bertz CT molecular complexity index is 349. The zero-order chi connectivity index (χ0) is 12.1. The molecule has 16 heavy (non-hydrogen) atoms. The molecular weight excluding hydrogens is 208 g/mol. The van der Waals surface area contributed by atoms with E-state index in [1.165, 1.54) is 12.1 Å². The zero-order valence-corrected chi connectivity index (χ0v) is 9.46. The predicted molar refractivity (Wildman–Crippen MR) is 61.1 cm³/mol. The molecule has 0 bridgehead atoms. The van der Waals surface area contributed by atoms with Gasteiger partial charge in [-0.2, -0.15) is 0 Å². The second-order valence-electron chi connectivity index (χ2n) is 3.97. The zero-order valence-electron chi connectivity index (χ0n) is 9.46. The lowest BCUT2D eigenvalue weighted by Crippen LogP contribution is -2.26. The van der Waals surface area contributed by atoms with Crippen molar-refractivity contribution in [1.29, 1.82) is 0 Å². The highest BCUT2D eigenvalue weighted by molar-refractivity contribution is 5.32. The van der Waals surface area contributed by atoms with Crippen LogP contribution in [0.4, 0.5) is 5.69 Å². The van der Waals surface area contributed by atoms with Gasteiger partial charge < -0.3 is 5.11 Å². The van der Waals surface area contributed by atoms with E-state index in [2.05, 4.69) is 0 Å². The number of hydrogen-bond donors (Lipinski definition) is 1. The summed E-state index contributed by atoms with van der Waals surface area (Å²) in [6.07, 6.45) is -0.372. The Morgan fingerprint density at radius 1 is 1.44 bits per heavy atom. The fourth-order valence-corrected chi connectivity index (χ4v) is 1.55. The molecule has 88 valence electrons. The van der Waals surface area contributed by atoms with Crippen molar-refractivity contribution in [3.63, 3.8) is 0 Å². The summed E-state index contributed by atoms with van der Waals surface area (Å²) in [6.45, 7) is 2.98. The third-order valence-corrected chi connectivity index (χ3v) is 2.18. The van der Waals surface area contributed by atoms with Gasteiger partial charge in [-0.05, 0) is 19.5 Å². The Hall–Kier alpha value is -1.46. The van der Waals surface area contributed by atoms with Crippen molar-refractivity contribution in [1.82, 2.24) is 4.90 Å². The van der Waals surface area contributed by atoms with Crippen LogP contribution in [0, 0.1) is 10.1 Å². The van der Waals surface area contributed by atoms with Gasteiger partial charge in [0.05, 0.1) is 11.0 Å². The van der Waals surface area contributed by atoms with Gasteiger partial charge in [-0.25, -0.2) is 0 Å². The molecule has 5 nitrogen and oxygen atoms in total. The molecule has 1 aromatic rings. The van der Waals surface area contributed by atoms with E-state index in [1.54, 1.807) is 19.1 Å². The standard InChI is InChI=1S/C11H16N2O3/c1-9(14)7-12(2)8-10-3-5-11(6-4-10)13(15)16/h3-6,9,14H,7-8H2,1-2H3. The molecule has 0 aliphatic heterocycles. The Balaban J connectivity index is 2.58. The molecule has 1 aromatic carbocycles. The van der Waals surface area contributed by atoms with E-state index in [1.807, 2.05) is 11.9 Å². The maximum absolute atomic E-state index is 10.4. The topological polar surface area (TPSA) is 66.6 Å². The van der Waals surface area contributed by atoms with Crippen molar-refractivity contribution in [3.05, 3.63) is 39.9 Å². The summed E-state index contributed by atoms with van der Waals surface area (Å²) in [5.41, 5.74) is 1.09. The van der Waals surface area contributed by atoms with Crippen LogP contribution in [0.3, 0.4) is 0 Å². The number of aliphatic hydroxyl groups is 1. The number of likely N-dealkylation sites (N-methyl/N-ethyl adjacent to an activating group) is 1. The van der Waals surface area contributed by atoms with Crippen molar-refractivity contribution in [2.75, 3.05) is 13.6 Å². The largest absolute Gasteiger partial charge is 0.392 e. The van der Waals surface area contributed by atoms with Crippen LogP contribution in [0.1, 0.15) is 12.5 Å². The Kier molecular flexibility index (Phi) is 4.39. The summed E-state index contributed by atoms with van der Waals surface area (Å²) < 4.78 is 0. The summed E-state index contributed by atoms with van der Waals surface area (Å²) in [4.78, 5) is 12.0. The normalized spacial score (nSPS) is 12.8. The highest BCUT2D eigenvalue weighted by Crippen LogP contribution is 2.12. The maximum Gasteiger partial charge on any atom is 0.269 e. The van der Waals surface area contributed by atoms with Crippen LogP contribution in [-0.4, -0.2) is 34.6 Å². The van der Waals surface area contributed by atoms with Crippen molar-refractivity contribution in [3.8, 4) is 0 Å². The molecule has 0 amide bonds. The third kappa shape index (κ3) is 3.96. The molecule has 1 atom stereocenters. The molecule has 1 unspecified atom stereocenters. The smallest absolute Gasteiger partial charge is 0.269 e. The summed E-state index contributed by atoms with van der Waals surface area (Å²) in [6, 6.07) is 6.45. The van der Waals surface area contributed by atoms with E-state index in [4.69, 9.17) is 0 Å². The highest BCUT2D eigenvalue weighted by Gasteiger charge is 2.06. The van der Waals surface area contributed by atoms with Crippen LogP contribution in [0.25, 0.3) is 0 Å². The molecule has 0 aliphatic carbocycles. The van der Waals surface area contributed by atoms with Crippen LogP contribution >= 0.6 is 0 Å². The SMILES string of the molecule is CC(O)CN(C)Cc1ccc([N+](=O)[O-])cc1. The molecule has 0 saturated carbocycles. The van der Waals surface area contributed by atoms with Crippen molar-refractivity contribution in [2.45, 2.75) is 19.6 Å². The molecule has 0 saturated heterocycles. The maximum atomic E-state index is 10.4. The van der Waals surface area contributed by atoms with Gasteiger partial charge in [0.2, 0.25) is 0 Å². The van der Waals surface area contributed by atoms with E-state index in [0.717, 1.165) is 5.56 Å². The second kappa shape index (κ2) is 5.58. The molecule has 5 heteroatoms. The fraction of sp³-hybridized carbons (Fsp3) is 0.455. The number of nitrogens with zero attached hydrogens (tertiary/aromatic N) is 2. The molecular formula is C11H16N2O3. The van der Waals surface area contributed by atoms with Gasteiger partial charge in [0.15, 0.2) is 0 Å². The molecule has 0 spiro atoms. The van der Waals surface area contributed by atoms with Crippen LogP contribution < -0.4 is 0 Å². The van der Waals surface area contributed by atoms with E-state index >= 15 is 0 Å². The van der Waals surface area contributed by atoms with Crippen LogP contribution in [0.2, 0.25) is 0 Å². The predicted octanol–water partition coefficient (Wildman–Crippen LogP) is 1.41. The van der Waals surface area contributed by atoms with Crippen LogP contribution in [0.5, 0.6) is 0 Å². The van der Waals surface area contributed by atoms with Gasteiger partial charge >= 0.3 is 0 Å². The first-order chi connectivity index (χ1) is 7.49. The lowest BCUT2D eigenvalue weighted by atomic mass is 10.2. The van der Waals surface area contributed by atoms with Gasteiger partial charge in [0.1, 0.15) is 0 Å². The summed E-state index contributed by atoms with van der Waals surface area (Å²) in [5.74, 6) is 0. The van der Waals surface area contributed by atoms with Gasteiger partial charge in [0, 0.05) is 25.2 Å². The molecule has 1 rings (SSSR count). The van der Waals surface area contributed by atoms with Gasteiger partial charge in [-0.3, -0.25) is 15.0 Å². The van der Waals surface area contributed by atoms with Crippen LogP contribution in [0.15, 0.2) is 24.3 Å². The monoisotopic (exact) mass is 224 g/mol. The molecule has 0 aromatic heterocycles. The Morgan fingerprint density at radius 3 is 2.44 bits per heavy atom. The summed E-state index contributed by atoms with van der Waals surface area (Å²) in [5, 5.41) is 19.6. The molecule has 0 radical (unpaired) electrons. The number of aliphatic hydroxyl groups excluding tert-OH is 1. The first kappa shape index (κ1) is 12.6. The Morgan fingerprint density at radius 2 is 2.00 bits per heavy atom. The number of non-ortho nitro benzene ring substituents is 1. The second-order valence-corrected chi connectivity index (χ2v) is 3.97. The van der Waals surface area contributed by atoms with E-state index in [0.29, 0.717) is 13.1 Å². The fourth-order valence-electron chi connectivity index (χ4n) is 1.55. The Labute approximate surface area is 94.5 Å². The van der Waals surface area contributed by atoms with Gasteiger partial charge in [0.25, 0.3) is 5.69 Å². The summed E-state index contributed by atoms with van der Waals surface area (Å²) >= 11 is 0. The first-order valence-corrected chi connectivity index (χ1v) is 5.09. The van der Waals surface area contributed by atoms with Gasteiger partial charge in [-0.15, -0.1) is 0 Å². The number of nitro groups is 1. The number of rotatable bonds is 5. The highest BCUT2D eigenvalue weighted by atomic mass is 16.6. The number of hydrogen-bond acceptors (Lipinski definition) is 4. The average Bonchev–Trinajstić information content (AvgIpc) is 2.16. The van der Waals surface area contributed by atoms with Crippen LogP contribution in [-0.2, 0) is 6.54 Å². The third-order valence-electron chi connectivity index (χ3n) is 2.18. The molecule has 1 N–H and O–H groups in total. The van der Waals surface area contributed by atoms with E-state index in [-0.39, 0.29) is 11.8 Å². The van der Waals surface area contributed by atoms with E-state index < -0.39 is 4.92 Å². The first-order valence-electron chi connectivity index (χ1n) is 5.09. The minimum Gasteiger partial charge on any atom is -0.392 e. The van der Waals surface area contributed by atoms with Gasteiger partial charge in [-0.1, -0.05) is 12.1 Å². The van der Waals surface area contributed by atoms with E-state index in [9.17, 15) is 15.2 Å². The van der Waals surface area contributed by atoms with Crippen molar-refractivity contribution in [2.24, 2.45) is 0 Å².